The Bertz CT molecular complexity index is 635. The van der Waals surface area contributed by atoms with Crippen molar-refractivity contribution in [3.8, 4) is 11.3 Å². The highest BCUT2D eigenvalue weighted by molar-refractivity contribution is 5.63. The zero-order chi connectivity index (χ0) is 13.7. The SMILES string of the molecule is Cc1ccc(-c2cc3n(n2)C(C2(C)CC2)CCN3)cc1. The van der Waals surface area contributed by atoms with Crippen LogP contribution in [0.4, 0.5) is 5.82 Å². The molecule has 2 aromatic rings. The number of benzene rings is 1. The van der Waals surface area contributed by atoms with Crippen LogP contribution in [0, 0.1) is 12.3 Å². The minimum absolute atomic E-state index is 0.480. The van der Waals surface area contributed by atoms with Crippen LogP contribution >= 0.6 is 0 Å². The number of hydrogen-bond donors (Lipinski definition) is 1. The van der Waals surface area contributed by atoms with Gasteiger partial charge in [0.05, 0.1) is 11.7 Å². The van der Waals surface area contributed by atoms with Crippen molar-refractivity contribution in [1.82, 2.24) is 9.78 Å². The van der Waals surface area contributed by atoms with Crippen LogP contribution in [0.2, 0.25) is 0 Å². The average molecular weight is 267 g/mol. The summed E-state index contributed by atoms with van der Waals surface area (Å²) in [5.74, 6) is 1.19. The van der Waals surface area contributed by atoms with Crippen molar-refractivity contribution in [2.75, 3.05) is 11.9 Å². The van der Waals surface area contributed by atoms with E-state index >= 15 is 0 Å². The first-order valence-electron chi connectivity index (χ1n) is 7.56. The molecule has 0 bridgehead atoms. The number of fused-ring (bicyclic) bond motifs is 1. The molecule has 1 N–H and O–H groups in total. The zero-order valence-electron chi connectivity index (χ0n) is 12.2. The van der Waals surface area contributed by atoms with Gasteiger partial charge in [-0.25, -0.2) is 4.68 Å². The minimum Gasteiger partial charge on any atom is -0.370 e. The molecular weight excluding hydrogens is 246 g/mol. The van der Waals surface area contributed by atoms with Crippen molar-refractivity contribution < 1.29 is 0 Å². The first kappa shape index (κ1) is 12.0. The lowest BCUT2D eigenvalue weighted by Crippen LogP contribution is -2.28. The van der Waals surface area contributed by atoms with E-state index in [9.17, 15) is 0 Å². The van der Waals surface area contributed by atoms with Gasteiger partial charge in [0, 0.05) is 18.2 Å². The molecule has 3 nitrogen and oxygen atoms in total. The molecule has 0 amide bonds. The maximum absolute atomic E-state index is 4.89. The van der Waals surface area contributed by atoms with Gasteiger partial charge in [-0.3, -0.25) is 0 Å². The molecule has 1 saturated carbocycles. The monoisotopic (exact) mass is 267 g/mol. The molecular formula is C17H21N3. The molecule has 1 aromatic heterocycles. The van der Waals surface area contributed by atoms with Crippen LogP contribution in [-0.4, -0.2) is 16.3 Å². The topological polar surface area (TPSA) is 29.9 Å². The minimum atomic E-state index is 0.480. The molecule has 0 radical (unpaired) electrons. The zero-order valence-corrected chi connectivity index (χ0v) is 12.2. The lowest BCUT2D eigenvalue weighted by Gasteiger charge is -2.30. The van der Waals surface area contributed by atoms with E-state index < -0.39 is 0 Å². The van der Waals surface area contributed by atoms with Crippen LogP contribution in [0.3, 0.4) is 0 Å². The summed E-state index contributed by atoms with van der Waals surface area (Å²) in [6.07, 6.45) is 3.88. The predicted molar refractivity (Wildman–Crippen MR) is 81.9 cm³/mol. The molecule has 2 aliphatic rings. The summed E-state index contributed by atoms with van der Waals surface area (Å²) in [4.78, 5) is 0. The number of aryl methyl sites for hydroxylation is 1. The van der Waals surface area contributed by atoms with Crippen LogP contribution in [0.5, 0.6) is 0 Å². The first-order valence-corrected chi connectivity index (χ1v) is 7.56. The molecule has 1 fully saturated rings. The van der Waals surface area contributed by atoms with E-state index in [-0.39, 0.29) is 0 Å². The van der Waals surface area contributed by atoms with Crippen LogP contribution in [0.25, 0.3) is 11.3 Å². The molecule has 1 unspecified atom stereocenters. The first-order chi connectivity index (χ1) is 9.66. The van der Waals surface area contributed by atoms with Crippen molar-refractivity contribution >= 4 is 5.82 Å². The van der Waals surface area contributed by atoms with E-state index in [0.29, 0.717) is 11.5 Å². The summed E-state index contributed by atoms with van der Waals surface area (Å²) in [7, 11) is 0. The summed E-state index contributed by atoms with van der Waals surface area (Å²) >= 11 is 0. The quantitative estimate of drug-likeness (QED) is 0.890. The van der Waals surface area contributed by atoms with Gasteiger partial charge in [-0.2, -0.15) is 5.10 Å². The van der Waals surface area contributed by atoms with Gasteiger partial charge in [0.25, 0.3) is 0 Å². The van der Waals surface area contributed by atoms with Crippen LogP contribution in [0.1, 0.15) is 37.8 Å². The number of anilines is 1. The summed E-state index contributed by atoms with van der Waals surface area (Å²) in [5, 5.41) is 8.39. The van der Waals surface area contributed by atoms with Crippen molar-refractivity contribution in [1.29, 1.82) is 0 Å². The molecule has 1 aliphatic heterocycles. The average Bonchev–Trinajstić information content (AvgIpc) is 3.04. The van der Waals surface area contributed by atoms with E-state index in [4.69, 9.17) is 5.10 Å². The number of nitrogens with zero attached hydrogens (tertiary/aromatic N) is 2. The Hall–Kier alpha value is -1.77. The number of aromatic nitrogens is 2. The maximum Gasteiger partial charge on any atom is 0.125 e. The third-order valence-electron chi connectivity index (χ3n) is 4.95. The maximum atomic E-state index is 4.89. The molecule has 1 aliphatic carbocycles. The molecule has 0 spiro atoms. The summed E-state index contributed by atoms with van der Waals surface area (Å²) in [5.41, 5.74) is 4.06. The third-order valence-corrected chi connectivity index (χ3v) is 4.95. The smallest absolute Gasteiger partial charge is 0.125 e. The van der Waals surface area contributed by atoms with Crippen molar-refractivity contribution in [3.05, 3.63) is 35.9 Å². The highest BCUT2D eigenvalue weighted by Gasteiger charge is 2.47. The molecule has 104 valence electrons. The van der Waals surface area contributed by atoms with Crippen LogP contribution in [0.15, 0.2) is 30.3 Å². The largest absolute Gasteiger partial charge is 0.370 e. The highest BCUT2D eigenvalue weighted by Crippen LogP contribution is 2.56. The van der Waals surface area contributed by atoms with Gasteiger partial charge >= 0.3 is 0 Å². The normalized spacial score (nSPS) is 23.0. The number of rotatable bonds is 2. The van der Waals surface area contributed by atoms with Gasteiger partial charge < -0.3 is 5.32 Å². The number of hydrogen-bond acceptors (Lipinski definition) is 2. The Balaban J connectivity index is 1.74. The Kier molecular flexibility index (Phi) is 2.47. The standard InChI is InChI=1S/C17H21N3/c1-12-3-5-13(6-4-12)14-11-16-18-10-7-15(20(16)19-14)17(2)8-9-17/h3-6,11,15,18H,7-10H2,1-2H3. The Morgan fingerprint density at radius 2 is 2.00 bits per heavy atom. The van der Waals surface area contributed by atoms with Gasteiger partial charge in [0.2, 0.25) is 0 Å². The van der Waals surface area contributed by atoms with Crippen molar-refractivity contribution in [3.63, 3.8) is 0 Å². The van der Waals surface area contributed by atoms with Crippen molar-refractivity contribution in [2.45, 2.75) is 39.2 Å². The highest BCUT2D eigenvalue weighted by atomic mass is 15.4. The number of nitrogens with one attached hydrogen (secondary N) is 1. The van der Waals surface area contributed by atoms with Gasteiger partial charge in [0.15, 0.2) is 0 Å². The molecule has 3 heteroatoms. The second-order valence-electron chi connectivity index (χ2n) is 6.61. The van der Waals surface area contributed by atoms with Crippen molar-refractivity contribution in [2.24, 2.45) is 5.41 Å². The molecule has 20 heavy (non-hydrogen) atoms. The van der Waals surface area contributed by atoms with E-state index in [1.165, 1.54) is 36.2 Å². The van der Waals surface area contributed by atoms with Gasteiger partial charge in [-0.15, -0.1) is 0 Å². The second kappa shape index (κ2) is 4.11. The summed E-state index contributed by atoms with van der Waals surface area (Å²) in [6.45, 7) is 5.59. The van der Waals surface area contributed by atoms with Gasteiger partial charge in [-0.05, 0) is 31.6 Å². The van der Waals surface area contributed by atoms with Crippen LogP contribution < -0.4 is 5.32 Å². The van der Waals surface area contributed by atoms with E-state index in [1.807, 2.05) is 0 Å². The fraction of sp³-hybridized carbons (Fsp3) is 0.471. The second-order valence-corrected chi connectivity index (χ2v) is 6.61. The predicted octanol–water partition coefficient (Wildman–Crippen LogP) is 4.02. The van der Waals surface area contributed by atoms with Crippen LogP contribution in [-0.2, 0) is 0 Å². The third kappa shape index (κ3) is 1.84. The molecule has 4 rings (SSSR count). The Morgan fingerprint density at radius 3 is 2.70 bits per heavy atom. The molecule has 1 atom stereocenters. The lowest BCUT2D eigenvalue weighted by molar-refractivity contribution is 0.285. The van der Waals surface area contributed by atoms with E-state index in [1.54, 1.807) is 0 Å². The Labute approximate surface area is 120 Å². The molecule has 2 heterocycles. The van der Waals surface area contributed by atoms with E-state index in [0.717, 1.165) is 12.2 Å². The molecule has 1 aromatic carbocycles. The van der Waals surface area contributed by atoms with Gasteiger partial charge in [0.1, 0.15) is 5.82 Å². The summed E-state index contributed by atoms with van der Waals surface area (Å²) < 4.78 is 2.24. The van der Waals surface area contributed by atoms with E-state index in [2.05, 4.69) is 54.2 Å². The lowest BCUT2D eigenvalue weighted by atomic mass is 9.95. The van der Waals surface area contributed by atoms with Gasteiger partial charge in [-0.1, -0.05) is 36.8 Å². The fourth-order valence-corrected chi connectivity index (χ4v) is 3.26. The Morgan fingerprint density at radius 1 is 1.25 bits per heavy atom. The fourth-order valence-electron chi connectivity index (χ4n) is 3.26. The molecule has 0 saturated heterocycles. The summed E-state index contributed by atoms with van der Waals surface area (Å²) in [6, 6.07) is 11.4.